The zero-order chi connectivity index (χ0) is 15.5. The van der Waals surface area contributed by atoms with E-state index in [2.05, 4.69) is 26.2 Å². The third kappa shape index (κ3) is 3.76. The number of carboxylic acid groups (broad SMARTS) is 1. The van der Waals surface area contributed by atoms with Crippen LogP contribution in [0.2, 0.25) is 0 Å². The van der Waals surface area contributed by atoms with Crippen molar-refractivity contribution < 1.29 is 18.3 Å². The molecule has 0 spiro atoms. The van der Waals surface area contributed by atoms with Crippen molar-refractivity contribution >= 4 is 31.9 Å². The lowest BCUT2D eigenvalue weighted by Crippen LogP contribution is -2.38. The van der Waals surface area contributed by atoms with E-state index in [1.807, 2.05) is 0 Å². The zero-order valence-corrected chi connectivity index (χ0v) is 13.8. The minimum atomic E-state index is -3.78. The van der Waals surface area contributed by atoms with E-state index in [4.69, 9.17) is 5.11 Å². The van der Waals surface area contributed by atoms with Crippen LogP contribution >= 0.6 is 15.9 Å². The second kappa shape index (κ2) is 6.64. The number of nitrogens with zero attached hydrogens (tertiary/aromatic N) is 4. The Morgan fingerprint density at radius 1 is 1.50 bits per heavy atom. The molecule has 0 unspecified atom stereocenters. The molecule has 20 heavy (non-hydrogen) atoms. The summed E-state index contributed by atoms with van der Waals surface area (Å²) in [6.45, 7) is 3.59. The van der Waals surface area contributed by atoms with Gasteiger partial charge in [-0.25, -0.2) is 13.1 Å². The number of aliphatic carboxylic acids is 1. The van der Waals surface area contributed by atoms with Gasteiger partial charge in [-0.15, -0.1) is 5.10 Å². The standard InChI is InChI=1S/C10H17BrN4O4S/c1-7(2)15(6-4-5-8(16)17)20(18,19)10-9(11)12-13-14(10)3/h7H,4-6H2,1-3H3,(H,16,17). The smallest absolute Gasteiger partial charge is 0.303 e. The maximum Gasteiger partial charge on any atom is 0.303 e. The van der Waals surface area contributed by atoms with Crippen molar-refractivity contribution in [2.24, 2.45) is 7.05 Å². The average Bonchev–Trinajstić information content (AvgIpc) is 2.63. The molecule has 1 rings (SSSR count). The highest BCUT2D eigenvalue weighted by Crippen LogP contribution is 2.24. The largest absolute Gasteiger partial charge is 0.481 e. The molecule has 1 aromatic rings. The molecule has 1 heterocycles. The number of rotatable bonds is 7. The predicted molar refractivity (Wildman–Crippen MR) is 74.6 cm³/mol. The number of halogens is 1. The molecule has 114 valence electrons. The van der Waals surface area contributed by atoms with E-state index in [-0.39, 0.29) is 35.1 Å². The van der Waals surface area contributed by atoms with Crippen LogP contribution in [-0.4, -0.2) is 51.4 Å². The van der Waals surface area contributed by atoms with Crippen molar-refractivity contribution in [3.63, 3.8) is 0 Å². The summed E-state index contributed by atoms with van der Waals surface area (Å²) < 4.78 is 27.8. The summed E-state index contributed by atoms with van der Waals surface area (Å²) in [7, 11) is -2.30. The Morgan fingerprint density at radius 3 is 2.50 bits per heavy atom. The molecule has 0 saturated heterocycles. The summed E-state index contributed by atoms with van der Waals surface area (Å²) in [4.78, 5) is 10.5. The molecule has 0 fully saturated rings. The van der Waals surface area contributed by atoms with Gasteiger partial charge in [-0.2, -0.15) is 4.31 Å². The molecular formula is C10H17BrN4O4S. The second-order valence-corrected chi connectivity index (χ2v) is 7.07. The Kier molecular flexibility index (Phi) is 5.66. The Bertz CT molecular complexity index is 565. The first kappa shape index (κ1) is 17.1. The number of carbonyl (C=O) groups is 1. The second-order valence-electron chi connectivity index (χ2n) is 4.52. The zero-order valence-electron chi connectivity index (χ0n) is 11.4. The number of hydrogen-bond donors (Lipinski definition) is 1. The molecule has 1 N–H and O–H groups in total. The third-order valence-electron chi connectivity index (χ3n) is 2.64. The van der Waals surface area contributed by atoms with Gasteiger partial charge in [-0.3, -0.25) is 4.79 Å². The Hall–Kier alpha value is -1.00. The number of aryl methyl sites for hydroxylation is 1. The van der Waals surface area contributed by atoms with Gasteiger partial charge in [0.05, 0.1) is 0 Å². The number of aromatic nitrogens is 3. The van der Waals surface area contributed by atoms with E-state index >= 15 is 0 Å². The lowest BCUT2D eigenvalue weighted by atomic mass is 10.3. The van der Waals surface area contributed by atoms with Crippen molar-refractivity contribution in [3.05, 3.63) is 4.60 Å². The molecule has 0 aliphatic heterocycles. The van der Waals surface area contributed by atoms with E-state index in [1.165, 1.54) is 16.0 Å². The number of carboxylic acids is 1. The molecule has 10 heteroatoms. The molecule has 0 aromatic carbocycles. The highest BCUT2D eigenvalue weighted by molar-refractivity contribution is 9.10. The van der Waals surface area contributed by atoms with E-state index in [0.717, 1.165) is 0 Å². The van der Waals surface area contributed by atoms with Crippen LogP contribution in [0.5, 0.6) is 0 Å². The van der Waals surface area contributed by atoms with Gasteiger partial charge >= 0.3 is 5.97 Å². The fourth-order valence-electron chi connectivity index (χ4n) is 1.75. The molecule has 0 bridgehead atoms. The van der Waals surface area contributed by atoms with E-state index in [0.29, 0.717) is 0 Å². The highest BCUT2D eigenvalue weighted by atomic mass is 79.9. The summed E-state index contributed by atoms with van der Waals surface area (Å²) >= 11 is 3.07. The molecule has 0 saturated carbocycles. The Balaban J connectivity index is 3.04. The minimum Gasteiger partial charge on any atom is -0.481 e. The van der Waals surface area contributed by atoms with Crippen molar-refractivity contribution in [3.8, 4) is 0 Å². The highest BCUT2D eigenvalue weighted by Gasteiger charge is 2.32. The molecule has 8 nitrogen and oxygen atoms in total. The predicted octanol–water partition coefficient (Wildman–Crippen LogP) is 0.842. The SMILES string of the molecule is CC(C)N(CCCC(=O)O)S(=O)(=O)c1c(Br)nnn1C. The fourth-order valence-corrected chi connectivity index (χ4v) is 4.46. The van der Waals surface area contributed by atoms with Crippen LogP contribution in [0.3, 0.4) is 0 Å². The molecule has 0 radical (unpaired) electrons. The van der Waals surface area contributed by atoms with E-state index in [1.54, 1.807) is 13.8 Å². The lowest BCUT2D eigenvalue weighted by Gasteiger charge is -2.25. The van der Waals surface area contributed by atoms with Gasteiger partial charge in [-0.05, 0) is 36.2 Å². The summed E-state index contributed by atoms with van der Waals surface area (Å²) in [6, 6.07) is -0.296. The van der Waals surface area contributed by atoms with Gasteiger partial charge < -0.3 is 5.11 Å². The maximum absolute atomic E-state index is 12.6. The first-order chi connectivity index (χ1) is 9.17. The fraction of sp³-hybridized carbons (Fsp3) is 0.700. The van der Waals surface area contributed by atoms with Crippen molar-refractivity contribution in [2.45, 2.75) is 37.8 Å². The normalized spacial score (nSPS) is 12.3. The van der Waals surface area contributed by atoms with Crippen LogP contribution in [0.15, 0.2) is 9.63 Å². The minimum absolute atomic E-state index is 0.0403. The number of sulfonamides is 1. The van der Waals surface area contributed by atoms with Gasteiger partial charge in [0.1, 0.15) is 0 Å². The van der Waals surface area contributed by atoms with Crippen LogP contribution in [0.25, 0.3) is 0 Å². The van der Waals surface area contributed by atoms with E-state index < -0.39 is 16.0 Å². The maximum atomic E-state index is 12.6. The number of hydrogen-bond acceptors (Lipinski definition) is 5. The van der Waals surface area contributed by atoms with Crippen LogP contribution < -0.4 is 0 Å². The summed E-state index contributed by atoms with van der Waals surface area (Å²) in [5.41, 5.74) is 0. The summed E-state index contributed by atoms with van der Waals surface area (Å²) in [5.74, 6) is -0.950. The Labute approximate surface area is 125 Å². The van der Waals surface area contributed by atoms with Crippen molar-refractivity contribution in [1.82, 2.24) is 19.3 Å². The lowest BCUT2D eigenvalue weighted by molar-refractivity contribution is -0.137. The van der Waals surface area contributed by atoms with Crippen LogP contribution in [0, 0.1) is 0 Å². The van der Waals surface area contributed by atoms with Gasteiger partial charge in [0.15, 0.2) is 4.60 Å². The first-order valence-electron chi connectivity index (χ1n) is 5.96. The van der Waals surface area contributed by atoms with Crippen molar-refractivity contribution in [2.75, 3.05) is 6.54 Å². The molecule has 1 aromatic heterocycles. The summed E-state index contributed by atoms with van der Waals surface area (Å²) in [6.07, 6.45) is 0.166. The summed E-state index contributed by atoms with van der Waals surface area (Å²) in [5, 5.41) is 15.9. The first-order valence-corrected chi connectivity index (χ1v) is 8.20. The molecular weight excluding hydrogens is 352 g/mol. The van der Waals surface area contributed by atoms with Gasteiger partial charge in [-0.1, -0.05) is 5.21 Å². The average molecular weight is 369 g/mol. The van der Waals surface area contributed by atoms with Crippen LogP contribution in [0.1, 0.15) is 26.7 Å². The van der Waals surface area contributed by atoms with Gasteiger partial charge in [0.25, 0.3) is 10.0 Å². The molecule has 0 aliphatic rings. The van der Waals surface area contributed by atoms with Crippen molar-refractivity contribution in [1.29, 1.82) is 0 Å². The molecule has 0 amide bonds. The Morgan fingerprint density at radius 2 is 2.10 bits per heavy atom. The molecule has 0 aliphatic carbocycles. The topological polar surface area (TPSA) is 105 Å². The molecule has 0 atom stereocenters. The third-order valence-corrected chi connectivity index (χ3v) is 5.60. The van der Waals surface area contributed by atoms with Gasteiger partial charge in [0, 0.05) is 26.1 Å². The van der Waals surface area contributed by atoms with Crippen LogP contribution in [-0.2, 0) is 21.9 Å². The van der Waals surface area contributed by atoms with Gasteiger partial charge in [0.2, 0.25) is 5.03 Å². The quantitative estimate of drug-likeness (QED) is 0.764. The van der Waals surface area contributed by atoms with E-state index in [9.17, 15) is 13.2 Å². The van der Waals surface area contributed by atoms with Crippen LogP contribution in [0.4, 0.5) is 0 Å². The monoisotopic (exact) mass is 368 g/mol.